The molecule has 0 aliphatic carbocycles. The van der Waals surface area contributed by atoms with Crippen molar-refractivity contribution in [2.24, 2.45) is 0 Å². The van der Waals surface area contributed by atoms with Crippen molar-refractivity contribution in [1.29, 1.82) is 0 Å². The van der Waals surface area contributed by atoms with E-state index in [1.165, 1.54) is 17.6 Å². The topological polar surface area (TPSA) is 70.6 Å². The number of likely N-dealkylation sites (N-methyl/N-ethyl adjacent to an activating group) is 1. The second-order valence-electron chi connectivity index (χ2n) is 7.05. The standard InChI is InChI=1S/C20H22ClN3O3S2/c1-23(2)10-11-24(19(25)12-14-4-6-15(21)7-5-14)20-22-17-9-8-16(29(3,26)27)13-18(17)28-20/h4-9,13H,10-12H2,1-3H3. The number of carbonyl (C=O) groups excluding carboxylic acids is 1. The minimum atomic E-state index is -3.31. The van der Waals surface area contributed by atoms with Gasteiger partial charge in [0.05, 0.1) is 21.5 Å². The molecular weight excluding hydrogens is 430 g/mol. The molecule has 0 unspecified atom stereocenters. The number of anilines is 1. The monoisotopic (exact) mass is 451 g/mol. The Morgan fingerprint density at radius 2 is 1.79 bits per heavy atom. The van der Waals surface area contributed by atoms with Gasteiger partial charge in [-0.25, -0.2) is 13.4 Å². The maximum Gasteiger partial charge on any atom is 0.233 e. The number of aromatic nitrogens is 1. The molecule has 0 radical (unpaired) electrons. The van der Waals surface area contributed by atoms with Crippen LogP contribution in [0.4, 0.5) is 5.13 Å². The fraction of sp³-hybridized carbons (Fsp3) is 0.300. The van der Waals surface area contributed by atoms with Crippen LogP contribution in [-0.2, 0) is 21.1 Å². The molecule has 154 valence electrons. The van der Waals surface area contributed by atoms with E-state index in [1.807, 2.05) is 31.1 Å². The van der Waals surface area contributed by atoms with E-state index in [0.29, 0.717) is 28.8 Å². The van der Waals surface area contributed by atoms with Crippen LogP contribution >= 0.6 is 22.9 Å². The molecule has 0 bridgehead atoms. The van der Waals surface area contributed by atoms with E-state index in [1.54, 1.807) is 35.2 Å². The Labute approximate surface area is 179 Å². The normalized spacial score (nSPS) is 11.9. The molecular formula is C20H22ClN3O3S2. The van der Waals surface area contributed by atoms with Gasteiger partial charge in [0.15, 0.2) is 15.0 Å². The van der Waals surface area contributed by atoms with Gasteiger partial charge in [0.25, 0.3) is 0 Å². The summed E-state index contributed by atoms with van der Waals surface area (Å²) in [6.45, 7) is 1.16. The van der Waals surface area contributed by atoms with Crippen molar-refractivity contribution >= 4 is 54.0 Å². The smallest absolute Gasteiger partial charge is 0.233 e. The van der Waals surface area contributed by atoms with E-state index in [4.69, 9.17) is 11.6 Å². The van der Waals surface area contributed by atoms with Crippen molar-refractivity contribution in [1.82, 2.24) is 9.88 Å². The summed E-state index contributed by atoms with van der Waals surface area (Å²) in [7, 11) is 0.580. The first kappa shape index (κ1) is 21.7. The molecule has 3 aromatic rings. The van der Waals surface area contributed by atoms with Crippen LogP contribution in [-0.4, -0.2) is 57.6 Å². The molecule has 3 rings (SSSR count). The highest BCUT2D eigenvalue weighted by Crippen LogP contribution is 2.31. The molecule has 0 saturated heterocycles. The number of hydrogen-bond acceptors (Lipinski definition) is 6. The summed E-state index contributed by atoms with van der Waals surface area (Å²) in [5.74, 6) is -0.0726. The van der Waals surface area contributed by atoms with Crippen molar-refractivity contribution in [3.8, 4) is 0 Å². The lowest BCUT2D eigenvalue weighted by Gasteiger charge is -2.22. The van der Waals surface area contributed by atoms with Gasteiger partial charge >= 0.3 is 0 Å². The molecule has 0 spiro atoms. The first-order valence-corrected chi connectivity index (χ1v) is 12.0. The van der Waals surface area contributed by atoms with E-state index in [-0.39, 0.29) is 17.2 Å². The Hall–Kier alpha value is -2.00. The van der Waals surface area contributed by atoms with E-state index >= 15 is 0 Å². The Kier molecular flexibility index (Phi) is 6.58. The lowest BCUT2D eigenvalue weighted by atomic mass is 10.1. The quantitative estimate of drug-likeness (QED) is 0.550. The van der Waals surface area contributed by atoms with Crippen molar-refractivity contribution in [3.05, 3.63) is 53.1 Å². The summed E-state index contributed by atoms with van der Waals surface area (Å²) in [6.07, 6.45) is 1.41. The number of amides is 1. The number of thiazole rings is 1. The van der Waals surface area contributed by atoms with Gasteiger partial charge in [0, 0.05) is 24.4 Å². The number of halogens is 1. The number of fused-ring (bicyclic) bond motifs is 1. The number of sulfone groups is 1. The fourth-order valence-electron chi connectivity index (χ4n) is 2.74. The van der Waals surface area contributed by atoms with Gasteiger partial charge in [-0.2, -0.15) is 0 Å². The zero-order valence-corrected chi connectivity index (χ0v) is 18.8. The van der Waals surface area contributed by atoms with Crippen LogP contribution in [0.1, 0.15) is 5.56 Å². The summed E-state index contributed by atoms with van der Waals surface area (Å²) in [4.78, 5) is 21.5. The van der Waals surface area contributed by atoms with Gasteiger partial charge in [-0.1, -0.05) is 35.1 Å². The molecule has 0 aliphatic heterocycles. The summed E-state index contributed by atoms with van der Waals surface area (Å²) >= 11 is 7.25. The minimum absolute atomic E-state index is 0.0726. The zero-order valence-electron chi connectivity index (χ0n) is 16.4. The van der Waals surface area contributed by atoms with Crippen LogP contribution in [0.25, 0.3) is 10.2 Å². The maximum atomic E-state index is 13.1. The molecule has 0 aliphatic rings. The number of nitrogens with zero attached hydrogens (tertiary/aromatic N) is 3. The van der Waals surface area contributed by atoms with Crippen LogP contribution in [0, 0.1) is 0 Å². The van der Waals surface area contributed by atoms with Crippen LogP contribution in [0.2, 0.25) is 5.02 Å². The highest BCUT2D eigenvalue weighted by Gasteiger charge is 2.21. The van der Waals surface area contributed by atoms with Crippen molar-refractivity contribution in [3.63, 3.8) is 0 Å². The maximum absolute atomic E-state index is 13.1. The number of carbonyl (C=O) groups is 1. The molecule has 0 atom stereocenters. The lowest BCUT2D eigenvalue weighted by Crippen LogP contribution is -2.37. The predicted molar refractivity (Wildman–Crippen MR) is 119 cm³/mol. The number of rotatable bonds is 7. The Morgan fingerprint density at radius 1 is 1.10 bits per heavy atom. The predicted octanol–water partition coefficient (Wildman–Crippen LogP) is 3.49. The van der Waals surface area contributed by atoms with Crippen molar-refractivity contribution in [2.75, 3.05) is 38.3 Å². The molecule has 2 aromatic carbocycles. The molecule has 0 fully saturated rings. The lowest BCUT2D eigenvalue weighted by molar-refractivity contribution is -0.118. The third kappa shape index (κ3) is 5.54. The van der Waals surface area contributed by atoms with Crippen molar-refractivity contribution in [2.45, 2.75) is 11.3 Å². The molecule has 9 heteroatoms. The summed E-state index contributed by atoms with van der Waals surface area (Å²) in [5, 5.41) is 1.19. The summed E-state index contributed by atoms with van der Waals surface area (Å²) < 4.78 is 24.4. The van der Waals surface area contributed by atoms with Crippen LogP contribution < -0.4 is 4.90 Å². The number of benzene rings is 2. The highest BCUT2D eigenvalue weighted by molar-refractivity contribution is 7.90. The third-order valence-electron chi connectivity index (χ3n) is 4.35. The van der Waals surface area contributed by atoms with E-state index < -0.39 is 9.84 Å². The van der Waals surface area contributed by atoms with Gasteiger partial charge in [-0.05, 0) is 50.0 Å². The first-order valence-electron chi connectivity index (χ1n) is 8.93. The molecule has 1 heterocycles. The van der Waals surface area contributed by atoms with E-state index in [2.05, 4.69) is 4.98 Å². The van der Waals surface area contributed by atoms with Gasteiger partial charge in [-0.3, -0.25) is 9.69 Å². The van der Waals surface area contributed by atoms with E-state index in [9.17, 15) is 13.2 Å². The fourth-order valence-corrected chi connectivity index (χ4v) is 4.63. The Balaban J connectivity index is 1.92. The van der Waals surface area contributed by atoms with Crippen LogP contribution in [0.3, 0.4) is 0 Å². The minimum Gasteiger partial charge on any atom is -0.308 e. The molecule has 29 heavy (non-hydrogen) atoms. The third-order valence-corrected chi connectivity index (χ3v) is 6.75. The molecule has 6 nitrogen and oxygen atoms in total. The zero-order chi connectivity index (χ0) is 21.2. The van der Waals surface area contributed by atoms with Crippen LogP contribution in [0.15, 0.2) is 47.4 Å². The summed E-state index contributed by atoms with van der Waals surface area (Å²) in [6, 6.07) is 12.0. The average molecular weight is 452 g/mol. The van der Waals surface area contributed by atoms with Gasteiger partial charge in [0.2, 0.25) is 5.91 Å². The van der Waals surface area contributed by atoms with E-state index in [0.717, 1.165) is 10.3 Å². The van der Waals surface area contributed by atoms with Crippen LogP contribution in [0.5, 0.6) is 0 Å². The molecule has 0 N–H and O–H groups in total. The average Bonchev–Trinajstić information content (AvgIpc) is 3.05. The Morgan fingerprint density at radius 3 is 2.41 bits per heavy atom. The van der Waals surface area contributed by atoms with Crippen molar-refractivity contribution < 1.29 is 13.2 Å². The Bertz CT molecular complexity index is 1130. The molecule has 0 saturated carbocycles. The largest absolute Gasteiger partial charge is 0.308 e. The second-order valence-corrected chi connectivity index (χ2v) is 10.5. The molecule has 1 amide bonds. The highest BCUT2D eigenvalue weighted by atomic mass is 35.5. The summed E-state index contributed by atoms with van der Waals surface area (Å²) in [5.41, 5.74) is 1.54. The van der Waals surface area contributed by atoms with Gasteiger partial charge in [-0.15, -0.1) is 0 Å². The SMILES string of the molecule is CN(C)CCN(C(=O)Cc1ccc(Cl)cc1)c1nc2ccc(S(C)(=O)=O)cc2s1. The van der Waals surface area contributed by atoms with Gasteiger partial charge < -0.3 is 4.90 Å². The number of hydrogen-bond donors (Lipinski definition) is 0. The van der Waals surface area contributed by atoms with Gasteiger partial charge in [0.1, 0.15) is 0 Å². The first-order chi connectivity index (χ1) is 13.6. The molecule has 1 aromatic heterocycles. The second kappa shape index (κ2) is 8.79.